The van der Waals surface area contributed by atoms with E-state index in [-0.39, 0.29) is 17.3 Å². The molecule has 0 unspecified atom stereocenters. The van der Waals surface area contributed by atoms with Crippen molar-refractivity contribution in [3.05, 3.63) is 53.9 Å². The number of pyridine rings is 1. The normalized spacial score (nSPS) is 11.6. The molecule has 0 aliphatic carbocycles. The smallest absolute Gasteiger partial charge is 0.334 e. The molecule has 2 aromatic heterocycles. The van der Waals surface area contributed by atoms with Crippen molar-refractivity contribution in [3.8, 4) is 22.8 Å². The average molecular weight is 305 g/mol. The minimum absolute atomic E-state index is 0.142. The molecule has 1 aromatic carbocycles. The first-order chi connectivity index (χ1) is 10.4. The molecule has 0 saturated heterocycles. The lowest BCUT2D eigenvalue weighted by Gasteiger charge is -2.08. The predicted octanol–water partition coefficient (Wildman–Crippen LogP) is 4.13. The Balaban J connectivity index is 2.06. The molecule has 22 heavy (non-hydrogen) atoms. The SMILES string of the molecule is Cc1cccc(-c2nc(-c3cnccc3C(F)(F)F)no2)c1. The van der Waals surface area contributed by atoms with Crippen LogP contribution in [0.4, 0.5) is 13.2 Å². The Bertz CT molecular complexity index is 812. The molecular formula is C15H10F3N3O. The van der Waals surface area contributed by atoms with Crippen LogP contribution in [0.3, 0.4) is 0 Å². The summed E-state index contributed by atoms with van der Waals surface area (Å²) >= 11 is 0. The Hall–Kier alpha value is -2.70. The highest BCUT2D eigenvalue weighted by Crippen LogP contribution is 2.35. The summed E-state index contributed by atoms with van der Waals surface area (Å²) in [6.07, 6.45) is -2.36. The largest absolute Gasteiger partial charge is 0.417 e. The third kappa shape index (κ3) is 2.69. The molecule has 0 saturated carbocycles. The molecule has 3 rings (SSSR count). The quantitative estimate of drug-likeness (QED) is 0.714. The van der Waals surface area contributed by atoms with E-state index >= 15 is 0 Å². The third-order valence-corrected chi connectivity index (χ3v) is 3.06. The summed E-state index contributed by atoms with van der Waals surface area (Å²) < 4.78 is 44.1. The van der Waals surface area contributed by atoms with Crippen LogP contribution in [0.5, 0.6) is 0 Å². The van der Waals surface area contributed by atoms with Crippen molar-refractivity contribution >= 4 is 0 Å². The molecule has 0 spiro atoms. The van der Waals surface area contributed by atoms with Crippen molar-refractivity contribution in [3.63, 3.8) is 0 Å². The Labute approximate surface area is 123 Å². The minimum Gasteiger partial charge on any atom is -0.334 e. The van der Waals surface area contributed by atoms with Crippen LogP contribution in [0.15, 0.2) is 47.2 Å². The van der Waals surface area contributed by atoms with Crippen LogP contribution in [0, 0.1) is 6.92 Å². The van der Waals surface area contributed by atoms with E-state index in [9.17, 15) is 13.2 Å². The highest BCUT2D eigenvalue weighted by molar-refractivity contribution is 5.62. The van der Waals surface area contributed by atoms with Gasteiger partial charge in [-0.2, -0.15) is 18.2 Å². The second-order valence-corrected chi connectivity index (χ2v) is 4.71. The van der Waals surface area contributed by atoms with Crippen LogP contribution in [-0.2, 0) is 6.18 Å². The van der Waals surface area contributed by atoms with Crippen molar-refractivity contribution < 1.29 is 17.7 Å². The van der Waals surface area contributed by atoms with Crippen molar-refractivity contribution in [1.29, 1.82) is 0 Å². The van der Waals surface area contributed by atoms with Gasteiger partial charge in [0.2, 0.25) is 5.82 Å². The molecule has 0 radical (unpaired) electrons. The molecule has 0 fully saturated rings. The Morgan fingerprint density at radius 1 is 1.14 bits per heavy atom. The summed E-state index contributed by atoms with van der Waals surface area (Å²) in [6, 6.07) is 8.14. The number of hydrogen-bond donors (Lipinski definition) is 0. The predicted molar refractivity (Wildman–Crippen MR) is 72.7 cm³/mol. The van der Waals surface area contributed by atoms with Gasteiger partial charge < -0.3 is 4.52 Å². The van der Waals surface area contributed by atoms with Crippen molar-refractivity contribution in [2.24, 2.45) is 0 Å². The topological polar surface area (TPSA) is 51.8 Å². The molecule has 0 aliphatic heterocycles. The average Bonchev–Trinajstić information content (AvgIpc) is 2.96. The first-order valence-electron chi connectivity index (χ1n) is 6.37. The Morgan fingerprint density at radius 2 is 1.95 bits per heavy atom. The number of nitrogens with zero attached hydrogens (tertiary/aromatic N) is 3. The van der Waals surface area contributed by atoms with E-state index in [0.29, 0.717) is 5.56 Å². The van der Waals surface area contributed by atoms with Gasteiger partial charge in [0.25, 0.3) is 5.89 Å². The molecule has 0 N–H and O–H groups in total. The van der Waals surface area contributed by atoms with Gasteiger partial charge in [-0.15, -0.1) is 0 Å². The number of halogens is 3. The van der Waals surface area contributed by atoms with E-state index in [2.05, 4.69) is 15.1 Å². The second-order valence-electron chi connectivity index (χ2n) is 4.71. The molecular weight excluding hydrogens is 295 g/mol. The van der Waals surface area contributed by atoms with Gasteiger partial charge in [0.15, 0.2) is 0 Å². The zero-order valence-corrected chi connectivity index (χ0v) is 11.4. The van der Waals surface area contributed by atoms with Gasteiger partial charge in [-0.05, 0) is 25.1 Å². The number of benzene rings is 1. The molecule has 3 aromatic rings. The summed E-state index contributed by atoms with van der Waals surface area (Å²) in [5.74, 6) is 0.0209. The van der Waals surface area contributed by atoms with Gasteiger partial charge in [0, 0.05) is 18.0 Å². The van der Waals surface area contributed by atoms with Gasteiger partial charge in [-0.1, -0.05) is 22.9 Å². The maximum Gasteiger partial charge on any atom is 0.417 e. The monoisotopic (exact) mass is 305 g/mol. The van der Waals surface area contributed by atoms with Crippen molar-refractivity contribution in [2.45, 2.75) is 13.1 Å². The fraction of sp³-hybridized carbons (Fsp3) is 0.133. The molecule has 0 atom stereocenters. The fourth-order valence-corrected chi connectivity index (χ4v) is 2.05. The molecule has 4 nitrogen and oxygen atoms in total. The van der Waals surface area contributed by atoms with Crippen LogP contribution in [-0.4, -0.2) is 15.1 Å². The van der Waals surface area contributed by atoms with E-state index < -0.39 is 11.7 Å². The maximum absolute atomic E-state index is 13.0. The zero-order chi connectivity index (χ0) is 15.7. The molecule has 0 amide bonds. The highest BCUT2D eigenvalue weighted by atomic mass is 19.4. The molecule has 2 heterocycles. The van der Waals surface area contributed by atoms with Crippen LogP contribution >= 0.6 is 0 Å². The van der Waals surface area contributed by atoms with Gasteiger partial charge in [-0.3, -0.25) is 4.98 Å². The lowest BCUT2D eigenvalue weighted by molar-refractivity contribution is -0.137. The third-order valence-electron chi connectivity index (χ3n) is 3.06. The highest BCUT2D eigenvalue weighted by Gasteiger charge is 2.35. The Kier molecular flexibility index (Phi) is 3.40. The molecule has 112 valence electrons. The second kappa shape index (κ2) is 5.25. The lowest BCUT2D eigenvalue weighted by atomic mass is 10.1. The number of aromatic nitrogens is 3. The zero-order valence-electron chi connectivity index (χ0n) is 11.4. The van der Waals surface area contributed by atoms with Crippen LogP contribution in [0.25, 0.3) is 22.8 Å². The number of aryl methyl sites for hydroxylation is 1. The van der Waals surface area contributed by atoms with E-state index in [1.54, 1.807) is 12.1 Å². The summed E-state index contributed by atoms with van der Waals surface area (Å²) in [5.41, 5.74) is 0.572. The first kappa shape index (κ1) is 14.2. The lowest BCUT2D eigenvalue weighted by Crippen LogP contribution is -2.07. The van der Waals surface area contributed by atoms with E-state index in [0.717, 1.165) is 24.0 Å². The molecule has 0 aliphatic rings. The van der Waals surface area contributed by atoms with E-state index in [1.165, 1.54) is 0 Å². The van der Waals surface area contributed by atoms with Gasteiger partial charge in [0.1, 0.15) is 0 Å². The first-order valence-corrected chi connectivity index (χ1v) is 6.37. The molecule has 7 heteroatoms. The summed E-state index contributed by atoms with van der Waals surface area (Å²) in [5, 5.41) is 3.64. The Morgan fingerprint density at radius 3 is 2.68 bits per heavy atom. The number of alkyl halides is 3. The van der Waals surface area contributed by atoms with Gasteiger partial charge in [0.05, 0.1) is 11.1 Å². The van der Waals surface area contributed by atoms with Crippen LogP contribution < -0.4 is 0 Å². The molecule has 0 bridgehead atoms. The van der Waals surface area contributed by atoms with Gasteiger partial charge >= 0.3 is 6.18 Å². The maximum atomic E-state index is 13.0. The summed E-state index contributed by atoms with van der Waals surface area (Å²) in [6.45, 7) is 1.89. The standard InChI is InChI=1S/C15H10F3N3O/c1-9-3-2-4-10(7-9)14-20-13(21-22-14)11-8-19-6-5-12(11)15(16,17)18/h2-8H,1H3. The minimum atomic E-state index is -4.51. The van der Waals surface area contributed by atoms with E-state index in [1.807, 2.05) is 19.1 Å². The summed E-state index contributed by atoms with van der Waals surface area (Å²) in [4.78, 5) is 7.76. The number of hydrogen-bond acceptors (Lipinski definition) is 4. The van der Waals surface area contributed by atoms with Crippen LogP contribution in [0.2, 0.25) is 0 Å². The van der Waals surface area contributed by atoms with Crippen LogP contribution in [0.1, 0.15) is 11.1 Å². The van der Waals surface area contributed by atoms with E-state index in [4.69, 9.17) is 4.52 Å². The number of rotatable bonds is 2. The van der Waals surface area contributed by atoms with Crippen molar-refractivity contribution in [1.82, 2.24) is 15.1 Å². The van der Waals surface area contributed by atoms with Gasteiger partial charge in [-0.25, -0.2) is 0 Å². The fourth-order valence-electron chi connectivity index (χ4n) is 2.05. The summed E-state index contributed by atoms with van der Waals surface area (Å²) in [7, 11) is 0. The van der Waals surface area contributed by atoms with Crippen molar-refractivity contribution in [2.75, 3.05) is 0 Å².